The summed E-state index contributed by atoms with van der Waals surface area (Å²) >= 11 is 0. The molecule has 198 valence electrons. The monoisotopic (exact) mass is 522 g/mol. The number of rotatable bonds is 7. The number of methoxy groups -OCH3 is 2. The van der Waals surface area contributed by atoms with Crippen LogP contribution in [0.2, 0.25) is 0 Å². The normalized spacial score (nSPS) is 18.8. The molecule has 6 nitrogen and oxygen atoms in total. The van der Waals surface area contributed by atoms with E-state index in [-0.39, 0.29) is 11.2 Å². The van der Waals surface area contributed by atoms with Crippen molar-refractivity contribution >= 4 is 27.7 Å². The molecule has 0 radical (unpaired) electrons. The molecule has 3 aromatic rings. The first kappa shape index (κ1) is 26.0. The van der Waals surface area contributed by atoms with Crippen LogP contribution in [0.3, 0.4) is 0 Å². The molecule has 0 bridgehead atoms. The summed E-state index contributed by atoms with van der Waals surface area (Å²) in [6.45, 7) is 1.44. The molecule has 1 aliphatic heterocycles. The van der Waals surface area contributed by atoms with Gasteiger partial charge in [-0.2, -0.15) is 0 Å². The average molecular weight is 523 g/mol. The Balaban J connectivity index is 1.75. The number of aromatic nitrogens is 1. The topological polar surface area (TPSA) is 60.8 Å². The number of hydrogen-bond donors (Lipinski definition) is 0. The van der Waals surface area contributed by atoms with Crippen molar-refractivity contribution in [2.75, 3.05) is 40.6 Å². The van der Waals surface area contributed by atoms with Crippen LogP contribution in [0.5, 0.6) is 5.75 Å². The Morgan fingerprint density at radius 1 is 1.08 bits per heavy atom. The van der Waals surface area contributed by atoms with Gasteiger partial charge in [-0.15, -0.1) is 0 Å². The van der Waals surface area contributed by atoms with Gasteiger partial charge >= 0.3 is 5.97 Å². The number of benzene rings is 2. The average Bonchev–Trinajstić information content (AvgIpc) is 3.13. The number of hydrogen-bond acceptors (Lipinski definition) is 5. The van der Waals surface area contributed by atoms with Crippen molar-refractivity contribution < 1.29 is 18.5 Å². The van der Waals surface area contributed by atoms with E-state index in [4.69, 9.17) is 9.47 Å². The van der Waals surface area contributed by atoms with Gasteiger partial charge in [0.1, 0.15) is 5.75 Å². The molecule has 1 aliphatic carbocycles. The summed E-state index contributed by atoms with van der Waals surface area (Å²) in [4.78, 5) is 14.6. The van der Waals surface area contributed by atoms with Crippen LogP contribution in [-0.2, 0) is 28.5 Å². The first-order valence-corrected chi connectivity index (χ1v) is 14.7. The molecule has 1 saturated carbocycles. The van der Waals surface area contributed by atoms with Crippen molar-refractivity contribution in [2.45, 2.75) is 56.2 Å². The van der Waals surface area contributed by atoms with Crippen LogP contribution in [-0.4, -0.2) is 65.5 Å². The van der Waals surface area contributed by atoms with Crippen LogP contribution in [0, 0.1) is 0 Å². The van der Waals surface area contributed by atoms with Crippen molar-refractivity contribution in [1.29, 1.82) is 0 Å². The second kappa shape index (κ2) is 11.0. The van der Waals surface area contributed by atoms with Gasteiger partial charge in [0, 0.05) is 46.1 Å². The number of carbonyl (C=O) groups excluding carboxylic acids is 1. The Morgan fingerprint density at radius 2 is 1.86 bits per heavy atom. The molecule has 5 rings (SSSR count). The molecule has 1 aromatic heterocycles. The van der Waals surface area contributed by atoms with Crippen molar-refractivity contribution in [3.8, 4) is 17.0 Å². The molecule has 2 heterocycles. The van der Waals surface area contributed by atoms with Crippen LogP contribution >= 0.6 is 0 Å². The summed E-state index contributed by atoms with van der Waals surface area (Å²) < 4.78 is 26.7. The maximum Gasteiger partial charge on any atom is 0.337 e. The van der Waals surface area contributed by atoms with E-state index < -0.39 is 10.8 Å². The Labute approximate surface area is 222 Å². The maximum atomic E-state index is 13.7. The Kier molecular flexibility index (Phi) is 7.72. The number of carbonyl (C=O) groups is 1. The lowest BCUT2D eigenvalue weighted by atomic mass is 9.81. The van der Waals surface area contributed by atoms with Gasteiger partial charge in [0.15, 0.2) is 0 Å². The lowest BCUT2D eigenvalue weighted by molar-refractivity contribution is 0.0601. The minimum atomic E-state index is -1.01. The van der Waals surface area contributed by atoms with Crippen LogP contribution in [0.15, 0.2) is 36.4 Å². The maximum absolute atomic E-state index is 13.7. The molecule has 0 spiro atoms. The Hall–Kier alpha value is -2.64. The Morgan fingerprint density at radius 3 is 2.57 bits per heavy atom. The smallest absolute Gasteiger partial charge is 0.337 e. The Bertz CT molecular complexity index is 1320. The first-order chi connectivity index (χ1) is 17.9. The highest BCUT2D eigenvalue weighted by atomic mass is 32.2. The summed E-state index contributed by atoms with van der Waals surface area (Å²) in [5.41, 5.74) is 6.59. The molecule has 0 saturated heterocycles. The van der Waals surface area contributed by atoms with Gasteiger partial charge in [-0.05, 0) is 80.7 Å². The van der Waals surface area contributed by atoms with Gasteiger partial charge in [0.25, 0.3) is 0 Å². The predicted octanol–water partition coefficient (Wildman–Crippen LogP) is 5.39. The van der Waals surface area contributed by atoms with E-state index >= 15 is 0 Å². The van der Waals surface area contributed by atoms with Crippen molar-refractivity contribution in [2.24, 2.45) is 0 Å². The SMILES string of the molecule is COC(=O)c1ccc2c(C3CCCCC3)c3n(c2c1)CC(S(=O)CCN(C)C)Cc1cc(OC)ccc1-3. The minimum absolute atomic E-state index is 0.0383. The van der Waals surface area contributed by atoms with Gasteiger partial charge in [-0.25, -0.2) is 4.79 Å². The zero-order valence-electron chi connectivity index (χ0n) is 22.4. The molecular weight excluding hydrogens is 484 g/mol. The fraction of sp³-hybridized carbons (Fsp3) is 0.500. The largest absolute Gasteiger partial charge is 0.497 e. The zero-order valence-corrected chi connectivity index (χ0v) is 23.2. The molecule has 0 amide bonds. The third-order valence-electron chi connectivity index (χ3n) is 8.05. The standard InChI is InChI=1S/C30H38N2O4S/c1-31(2)14-15-37(34)24-17-22-16-23(35-3)11-13-25(22)29-28(20-8-6-5-7-9-20)26-12-10-21(30(33)36-4)18-27(26)32(29)19-24/h10-13,16,18,20,24H,5-9,14-15,17,19H2,1-4H3. The molecule has 2 unspecified atom stereocenters. The second-order valence-electron chi connectivity index (χ2n) is 10.7. The van der Waals surface area contributed by atoms with Gasteiger partial charge in [-0.1, -0.05) is 25.3 Å². The zero-order chi connectivity index (χ0) is 26.1. The number of esters is 1. The summed E-state index contributed by atoms with van der Waals surface area (Å²) in [5, 5.41) is 1.17. The number of nitrogens with zero attached hydrogens (tertiary/aromatic N) is 2. The first-order valence-electron chi connectivity index (χ1n) is 13.3. The fourth-order valence-electron chi connectivity index (χ4n) is 6.13. The highest BCUT2D eigenvalue weighted by Crippen LogP contribution is 2.47. The van der Waals surface area contributed by atoms with E-state index in [1.165, 1.54) is 67.0 Å². The van der Waals surface area contributed by atoms with E-state index in [1.54, 1.807) is 7.11 Å². The van der Waals surface area contributed by atoms with Crippen LogP contribution in [0.25, 0.3) is 22.2 Å². The van der Waals surface area contributed by atoms with Gasteiger partial charge in [0.2, 0.25) is 0 Å². The van der Waals surface area contributed by atoms with Gasteiger partial charge < -0.3 is 18.9 Å². The van der Waals surface area contributed by atoms with Crippen molar-refractivity contribution in [3.63, 3.8) is 0 Å². The van der Waals surface area contributed by atoms with E-state index in [1.807, 2.05) is 32.3 Å². The lowest BCUT2D eigenvalue weighted by Crippen LogP contribution is -2.29. The van der Waals surface area contributed by atoms with Crippen LogP contribution < -0.4 is 4.74 Å². The van der Waals surface area contributed by atoms with Crippen molar-refractivity contribution in [3.05, 3.63) is 53.1 Å². The highest BCUT2D eigenvalue weighted by molar-refractivity contribution is 7.85. The molecule has 2 aromatic carbocycles. The fourth-order valence-corrected chi connectivity index (χ4v) is 7.69. The third-order valence-corrected chi connectivity index (χ3v) is 9.70. The van der Waals surface area contributed by atoms with Gasteiger partial charge in [-0.3, -0.25) is 4.21 Å². The summed E-state index contributed by atoms with van der Waals surface area (Å²) in [6, 6.07) is 12.3. The second-order valence-corrected chi connectivity index (χ2v) is 12.5. The third kappa shape index (κ3) is 5.08. The minimum Gasteiger partial charge on any atom is -0.497 e. The molecule has 2 atom stereocenters. The van der Waals surface area contributed by atoms with E-state index in [9.17, 15) is 9.00 Å². The molecule has 0 N–H and O–H groups in total. The summed E-state index contributed by atoms with van der Waals surface area (Å²) in [6.07, 6.45) is 6.85. The quantitative estimate of drug-likeness (QED) is 0.390. The van der Waals surface area contributed by atoms with Crippen molar-refractivity contribution in [1.82, 2.24) is 9.47 Å². The van der Waals surface area contributed by atoms with E-state index in [2.05, 4.69) is 27.7 Å². The predicted molar refractivity (Wildman–Crippen MR) is 150 cm³/mol. The molecule has 7 heteroatoms. The molecular formula is C30H38N2O4S. The molecule has 2 aliphatic rings. The number of fused-ring (bicyclic) bond motifs is 5. The van der Waals surface area contributed by atoms with E-state index in [0.29, 0.717) is 23.8 Å². The summed E-state index contributed by atoms with van der Waals surface area (Å²) in [7, 11) is 6.15. The van der Waals surface area contributed by atoms with Crippen LogP contribution in [0.1, 0.15) is 59.5 Å². The summed E-state index contributed by atoms with van der Waals surface area (Å²) in [5.74, 6) is 1.60. The number of ether oxygens (including phenoxy) is 2. The molecule has 1 fully saturated rings. The lowest BCUT2D eigenvalue weighted by Gasteiger charge is -2.24. The van der Waals surface area contributed by atoms with E-state index in [0.717, 1.165) is 24.2 Å². The van der Waals surface area contributed by atoms with Gasteiger partial charge in [0.05, 0.1) is 30.7 Å². The molecule has 37 heavy (non-hydrogen) atoms. The van der Waals surface area contributed by atoms with Crippen LogP contribution in [0.4, 0.5) is 0 Å². The highest BCUT2D eigenvalue weighted by Gasteiger charge is 2.33.